The Morgan fingerprint density at radius 1 is 1.38 bits per heavy atom. The lowest BCUT2D eigenvalue weighted by Gasteiger charge is -2.44. The van der Waals surface area contributed by atoms with Gasteiger partial charge in [-0.15, -0.1) is 5.10 Å². The summed E-state index contributed by atoms with van der Waals surface area (Å²) in [5.41, 5.74) is 1.33. The van der Waals surface area contributed by atoms with Crippen molar-refractivity contribution in [3.05, 3.63) is 47.8 Å². The first-order valence-electron chi connectivity index (χ1n) is 7.13. The third-order valence-corrected chi connectivity index (χ3v) is 4.01. The molecule has 1 saturated heterocycles. The van der Waals surface area contributed by atoms with Gasteiger partial charge in [-0.25, -0.2) is 9.48 Å². The number of carboxylic acid groups (broad SMARTS) is 1. The molecule has 1 aromatic carbocycles. The summed E-state index contributed by atoms with van der Waals surface area (Å²) in [5.74, 6) is -1.03. The van der Waals surface area contributed by atoms with Gasteiger partial charge in [0.05, 0.1) is 12.2 Å². The Balaban J connectivity index is 1.65. The summed E-state index contributed by atoms with van der Waals surface area (Å²) in [7, 11) is 0. The van der Waals surface area contributed by atoms with Crippen LogP contribution in [0.2, 0.25) is 0 Å². The molecule has 6 nitrogen and oxygen atoms in total. The van der Waals surface area contributed by atoms with Gasteiger partial charge in [-0.05, 0) is 12.0 Å². The van der Waals surface area contributed by atoms with Gasteiger partial charge in [0.15, 0.2) is 5.69 Å². The summed E-state index contributed by atoms with van der Waals surface area (Å²) in [5, 5.41) is 16.4. The molecule has 1 aliphatic rings. The molecular formula is C15H18N4O2. The number of hydrogen-bond donors (Lipinski definition) is 1. The number of carboxylic acids is 1. The van der Waals surface area contributed by atoms with Crippen LogP contribution in [0.3, 0.4) is 0 Å². The zero-order chi connectivity index (χ0) is 14.8. The molecule has 1 aromatic heterocycles. The second-order valence-corrected chi connectivity index (χ2v) is 5.33. The van der Waals surface area contributed by atoms with E-state index in [0.29, 0.717) is 6.04 Å². The number of hydrogen-bond acceptors (Lipinski definition) is 4. The number of likely N-dealkylation sites (tertiary alicyclic amines) is 1. The molecule has 0 bridgehead atoms. The van der Waals surface area contributed by atoms with Crippen molar-refractivity contribution in [1.82, 2.24) is 19.9 Å². The maximum Gasteiger partial charge on any atom is 0.358 e. The van der Waals surface area contributed by atoms with Crippen LogP contribution in [-0.2, 0) is 0 Å². The molecule has 0 spiro atoms. The molecule has 3 rings (SSSR count). The van der Waals surface area contributed by atoms with E-state index in [2.05, 4.69) is 46.4 Å². The molecule has 6 heteroatoms. The first-order chi connectivity index (χ1) is 10.2. The molecule has 1 unspecified atom stereocenters. The van der Waals surface area contributed by atoms with Crippen molar-refractivity contribution in [3.63, 3.8) is 0 Å². The van der Waals surface area contributed by atoms with E-state index in [-0.39, 0.29) is 11.7 Å². The largest absolute Gasteiger partial charge is 0.476 e. The maximum atomic E-state index is 10.8. The van der Waals surface area contributed by atoms with Crippen LogP contribution in [0.25, 0.3) is 0 Å². The molecule has 0 radical (unpaired) electrons. The number of aromatic carboxylic acids is 1. The van der Waals surface area contributed by atoms with Crippen LogP contribution < -0.4 is 0 Å². The molecule has 21 heavy (non-hydrogen) atoms. The molecule has 1 N–H and O–H groups in total. The smallest absolute Gasteiger partial charge is 0.358 e. The van der Waals surface area contributed by atoms with Gasteiger partial charge in [-0.1, -0.05) is 42.5 Å². The van der Waals surface area contributed by atoms with E-state index < -0.39 is 5.97 Å². The molecule has 2 heterocycles. The van der Waals surface area contributed by atoms with E-state index >= 15 is 0 Å². The van der Waals surface area contributed by atoms with Gasteiger partial charge in [0.25, 0.3) is 0 Å². The van der Waals surface area contributed by atoms with E-state index in [1.807, 2.05) is 6.07 Å². The number of benzene rings is 1. The van der Waals surface area contributed by atoms with Gasteiger partial charge in [0.2, 0.25) is 0 Å². The van der Waals surface area contributed by atoms with E-state index in [4.69, 9.17) is 5.11 Å². The lowest BCUT2D eigenvalue weighted by Crippen LogP contribution is -2.49. The van der Waals surface area contributed by atoms with Crippen LogP contribution >= 0.6 is 0 Å². The molecule has 110 valence electrons. The summed E-state index contributed by atoms with van der Waals surface area (Å²) >= 11 is 0. The topological polar surface area (TPSA) is 71.2 Å². The van der Waals surface area contributed by atoms with Crippen LogP contribution in [0.15, 0.2) is 36.5 Å². The third kappa shape index (κ3) is 2.67. The average Bonchev–Trinajstić information content (AvgIpc) is 2.92. The molecule has 0 saturated carbocycles. The minimum atomic E-state index is -1.03. The van der Waals surface area contributed by atoms with Crippen LogP contribution in [0.5, 0.6) is 0 Å². The third-order valence-electron chi connectivity index (χ3n) is 4.01. The van der Waals surface area contributed by atoms with Crippen LogP contribution in [0.4, 0.5) is 0 Å². The molecule has 2 aromatic rings. The highest BCUT2D eigenvalue weighted by atomic mass is 16.4. The van der Waals surface area contributed by atoms with Gasteiger partial charge >= 0.3 is 5.97 Å². The Morgan fingerprint density at radius 2 is 2.10 bits per heavy atom. The Bertz CT molecular complexity index is 620. The van der Waals surface area contributed by atoms with E-state index in [1.54, 1.807) is 4.68 Å². The van der Waals surface area contributed by atoms with E-state index in [9.17, 15) is 4.79 Å². The highest BCUT2D eigenvalue weighted by Crippen LogP contribution is 2.32. The highest BCUT2D eigenvalue weighted by molar-refractivity contribution is 5.84. The standard InChI is InChI=1S/C15H18N4O2/c1-2-14(11-6-4-3-5-7-11)18-8-12(9-18)19-10-13(15(20)21)16-17-19/h3-7,10,12,14H,2,8-9H2,1H3,(H,20,21). The van der Waals surface area contributed by atoms with Crippen molar-refractivity contribution < 1.29 is 9.90 Å². The van der Waals surface area contributed by atoms with E-state index in [0.717, 1.165) is 19.5 Å². The van der Waals surface area contributed by atoms with Crippen molar-refractivity contribution >= 4 is 5.97 Å². The lowest BCUT2D eigenvalue weighted by atomic mass is 9.97. The number of carbonyl (C=O) groups is 1. The van der Waals surface area contributed by atoms with Crippen molar-refractivity contribution in [2.24, 2.45) is 0 Å². The average molecular weight is 286 g/mol. The minimum absolute atomic E-state index is 0.00329. The van der Waals surface area contributed by atoms with Crippen LogP contribution in [-0.4, -0.2) is 44.1 Å². The fourth-order valence-electron chi connectivity index (χ4n) is 2.84. The van der Waals surface area contributed by atoms with Crippen molar-refractivity contribution in [3.8, 4) is 0 Å². The first kappa shape index (κ1) is 13.8. The summed E-state index contributed by atoms with van der Waals surface area (Å²) in [6, 6.07) is 11.1. The summed E-state index contributed by atoms with van der Waals surface area (Å²) in [6.45, 7) is 3.93. The summed E-state index contributed by atoms with van der Waals surface area (Å²) in [4.78, 5) is 13.2. The second-order valence-electron chi connectivity index (χ2n) is 5.33. The second kappa shape index (κ2) is 5.65. The molecule has 1 aliphatic heterocycles. The normalized spacial score (nSPS) is 17.4. The van der Waals surface area contributed by atoms with Gasteiger partial charge in [-0.2, -0.15) is 0 Å². The van der Waals surface area contributed by atoms with E-state index in [1.165, 1.54) is 11.8 Å². The monoisotopic (exact) mass is 286 g/mol. The summed E-state index contributed by atoms with van der Waals surface area (Å²) < 4.78 is 1.66. The predicted molar refractivity (Wildman–Crippen MR) is 77.1 cm³/mol. The van der Waals surface area contributed by atoms with Gasteiger partial charge in [-0.3, -0.25) is 4.90 Å². The lowest BCUT2D eigenvalue weighted by molar-refractivity contribution is 0.0491. The quantitative estimate of drug-likeness (QED) is 0.910. The zero-order valence-electron chi connectivity index (χ0n) is 11.9. The van der Waals surface area contributed by atoms with Crippen LogP contribution in [0, 0.1) is 0 Å². The number of nitrogens with zero attached hydrogens (tertiary/aromatic N) is 4. The fraction of sp³-hybridized carbons (Fsp3) is 0.400. The predicted octanol–water partition coefficient (Wildman–Crippen LogP) is 1.98. The van der Waals surface area contributed by atoms with Crippen molar-refractivity contribution in [1.29, 1.82) is 0 Å². The zero-order valence-corrected chi connectivity index (χ0v) is 11.9. The van der Waals surface area contributed by atoms with Crippen molar-refractivity contribution in [2.45, 2.75) is 25.4 Å². The Hall–Kier alpha value is -2.21. The first-order valence-corrected chi connectivity index (χ1v) is 7.13. The van der Waals surface area contributed by atoms with Gasteiger partial charge < -0.3 is 5.11 Å². The molecule has 0 amide bonds. The molecule has 1 fully saturated rings. The van der Waals surface area contributed by atoms with Crippen LogP contribution in [0.1, 0.15) is 41.5 Å². The number of rotatable bonds is 5. The minimum Gasteiger partial charge on any atom is -0.476 e. The Labute approximate surface area is 123 Å². The number of aromatic nitrogens is 3. The van der Waals surface area contributed by atoms with Crippen molar-refractivity contribution in [2.75, 3.05) is 13.1 Å². The molecular weight excluding hydrogens is 268 g/mol. The highest BCUT2D eigenvalue weighted by Gasteiger charge is 2.34. The maximum absolute atomic E-state index is 10.8. The van der Waals surface area contributed by atoms with Gasteiger partial charge in [0, 0.05) is 19.1 Å². The Morgan fingerprint density at radius 3 is 2.67 bits per heavy atom. The molecule has 0 aliphatic carbocycles. The fourth-order valence-corrected chi connectivity index (χ4v) is 2.84. The molecule has 1 atom stereocenters. The SMILES string of the molecule is CCC(c1ccccc1)N1CC(n2cc(C(=O)O)nn2)C1. The van der Waals surface area contributed by atoms with Gasteiger partial charge in [0.1, 0.15) is 0 Å². The summed E-state index contributed by atoms with van der Waals surface area (Å²) in [6.07, 6.45) is 2.56. The Kier molecular flexibility index (Phi) is 3.70.